The molecule has 1 N–H and O–H groups in total. The first-order chi connectivity index (χ1) is 15.9. The van der Waals surface area contributed by atoms with Gasteiger partial charge in [-0.3, -0.25) is 15.1 Å². The normalized spacial score (nSPS) is 11.2. The number of hydrogen-bond donors (Lipinski definition) is 1. The van der Waals surface area contributed by atoms with E-state index in [9.17, 15) is 13.6 Å². The van der Waals surface area contributed by atoms with Gasteiger partial charge in [0.2, 0.25) is 0 Å². The molecule has 0 aliphatic heterocycles. The number of pyridine rings is 1. The summed E-state index contributed by atoms with van der Waals surface area (Å²) in [6, 6.07) is 12.0. The maximum Gasteiger partial charge on any atom is 0.281 e. The van der Waals surface area contributed by atoms with E-state index >= 15 is 0 Å². The highest BCUT2D eigenvalue weighted by atomic mass is 35.5. The number of halogens is 3. The maximum atomic E-state index is 14.1. The van der Waals surface area contributed by atoms with E-state index in [2.05, 4.69) is 20.4 Å². The number of aryl methyl sites for hydroxylation is 2. The van der Waals surface area contributed by atoms with Crippen molar-refractivity contribution in [3.05, 3.63) is 75.5 Å². The largest absolute Gasteiger partial charge is 0.298 e. The average molecular weight is 488 g/mol. The van der Waals surface area contributed by atoms with Crippen LogP contribution in [0.3, 0.4) is 0 Å². The number of thiazole rings is 1. The number of anilines is 1. The lowest BCUT2D eigenvalue weighted by Gasteiger charge is -2.10. The average Bonchev–Trinajstić information content (AvgIpc) is 3.35. The summed E-state index contributed by atoms with van der Waals surface area (Å²) in [5.41, 5.74) is 1.08. The fourth-order valence-electron chi connectivity index (χ4n) is 3.50. The van der Waals surface area contributed by atoms with Gasteiger partial charge in [0, 0.05) is 11.1 Å². The van der Waals surface area contributed by atoms with Crippen molar-refractivity contribution in [2.24, 2.45) is 0 Å². The van der Waals surface area contributed by atoms with Crippen LogP contribution in [0.25, 0.3) is 17.1 Å². The fourth-order valence-corrected chi connectivity index (χ4v) is 4.78. The van der Waals surface area contributed by atoms with E-state index in [-0.39, 0.29) is 22.0 Å². The quantitative estimate of drug-likeness (QED) is 0.323. The van der Waals surface area contributed by atoms with E-state index in [1.807, 2.05) is 25.1 Å². The highest BCUT2D eigenvalue weighted by Crippen LogP contribution is 2.34. The van der Waals surface area contributed by atoms with Gasteiger partial charge in [0.1, 0.15) is 11.4 Å². The summed E-state index contributed by atoms with van der Waals surface area (Å²) < 4.78 is 29.2. The lowest BCUT2D eigenvalue weighted by molar-refractivity contribution is 0.100. The van der Waals surface area contributed by atoms with Gasteiger partial charge in [-0.05, 0) is 37.6 Å². The molecule has 0 saturated heterocycles. The summed E-state index contributed by atoms with van der Waals surface area (Å²) in [5.74, 6) is -0.703. The van der Waals surface area contributed by atoms with Gasteiger partial charge < -0.3 is 0 Å². The number of aromatic nitrogens is 4. The van der Waals surface area contributed by atoms with E-state index in [1.54, 1.807) is 30.5 Å². The van der Waals surface area contributed by atoms with Gasteiger partial charge in [0.15, 0.2) is 5.13 Å². The molecule has 4 aromatic rings. The van der Waals surface area contributed by atoms with Gasteiger partial charge in [0.25, 0.3) is 12.3 Å². The van der Waals surface area contributed by atoms with Crippen LogP contribution in [0.2, 0.25) is 5.02 Å². The molecule has 4 rings (SSSR count). The third-order valence-electron chi connectivity index (χ3n) is 4.91. The third-order valence-corrected chi connectivity index (χ3v) is 6.26. The highest BCUT2D eigenvalue weighted by molar-refractivity contribution is 7.16. The van der Waals surface area contributed by atoms with E-state index in [0.29, 0.717) is 16.5 Å². The minimum atomic E-state index is -2.95. The van der Waals surface area contributed by atoms with Crippen LogP contribution in [-0.4, -0.2) is 25.7 Å². The SMILES string of the molecule is CCCc1sc(NC(=O)c2c(C)nn(-c3ccccc3Cl)c2C(F)F)nc1-c1ccccn1. The number of alkyl halides is 2. The molecule has 6 nitrogen and oxygen atoms in total. The first-order valence-electron chi connectivity index (χ1n) is 10.3. The van der Waals surface area contributed by atoms with Gasteiger partial charge in [-0.15, -0.1) is 11.3 Å². The zero-order valence-electron chi connectivity index (χ0n) is 17.8. The molecule has 3 heterocycles. The Kier molecular flexibility index (Phi) is 6.80. The summed E-state index contributed by atoms with van der Waals surface area (Å²) in [4.78, 5) is 23.0. The summed E-state index contributed by atoms with van der Waals surface area (Å²) in [6.45, 7) is 3.55. The van der Waals surface area contributed by atoms with Gasteiger partial charge in [0.05, 0.1) is 27.7 Å². The summed E-state index contributed by atoms with van der Waals surface area (Å²) >= 11 is 7.50. The van der Waals surface area contributed by atoms with Gasteiger partial charge in [-0.1, -0.05) is 43.1 Å². The number of rotatable bonds is 7. The number of hydrogen-bond acceptors (Lipinski definition) is 5. The summed E-state index contributed by atoms with van der Waals surface area (Å²) in [5, 5.41) is 7.44. The van der Waals surface area contributed by atoms with Crippen molar-refractivity contribution in [3.63, 3.8) is 0 Å². The fraction of sp³-hybridized carbons (Fsp3) is 0.217. The molecule has 33 heavy (non-hydrogen) atoms. The summed E-state index contributed by atoms with van der Waals surface area (Å²) in [7, 11) is 0. The van der Waals surface area contributed by atoms with E-state index < -0.39 is 18.0 Å². The number of nitrogens with zero attached hydrogens (tertiary/aromatic N) is 4. The van der Waals surface area contributed by atoms with Crippen LogP contribution in [0.4, 0.5) is 13.9 Å². The van der Waals surface area contributed by atoms with Crippen molar-refractivity contribution in [1.29, 1.82) is 0 Å². The Morgan fingerprint density at radius 3 is 2.64 bits per heavy atom. The van der Waals surface area contributed by atoms with Crippen LogP contribution in [0, 0.1) is 6.92 Å². The van der Waals surface area contributed by atoms with Crippen molar-refractivity contribution in [2.75, 3.05) is 5.32 Å². The lowest BCUT2D eigenvalue weighted by Crippen LogP contribution is -2.15. The Hall–Kier alpha value is -3.17. The molecule has 0 fully saturated rings. The predicted molar refractivity (Wildman–Crippen MR) is 126 cm³/mol. The molecule has 0 aliphatic rings. The molecule has 0 aliphatic carbocycles. The molecule has 0 bridgehead atoms. The highest BCUT2D eigenvalue weighted by Gasteiger charge is 2.29. The van der Waals surface area contributed by atoms with Crippen molar-refractivity contribution < 1.29 is 13.6 Å². The standard InChI is InChI=1S/C23H20ClF2N5OS/c1-3-8-17-19(15-10-6-7-12-27-15)28-23(33-17)29-22(32)18-13(2)30-31(20(18)21(25)26)16-11-5-4-9-14(16)24/h4-7,9-12,21H,3,8H2,1-2H3,(H,28,29,32). The Labute approximate surface area is 198 Å². The number of carbonyl (C=O) groups excluding carboxylic acids is 1. The van der Waals surface area contributed by atoms with Crippen LogP contribution in [0.15, 0.2) is 48.7 Å². The van der Waals surface area contributed by atoms with E-state index in [4.69, 9.17) is 11.6 Å². The van der Waals surface area contributed by atoms with Crippen molar-refractivity contribution >= 4 is 34.0 Å². The molecule has 170 valence electrons. The molecule has 10 heteroatoms. The number of para-hydroxylation sites is 1. The zero-order chi connectivity index (χ0) is 23.5. The van der Waals surface area contributed by atoms with Crippen LogP contribution in [0.1, 0.15) is 46.4 Å². The Morgan fingerprint density at radius 2 is 1.97 bits per heavy atom. The van der Waals surface area contributed by atoms with Gasteiger partial charge >= 0.3 is 0 Å². The lowest BCUT2D eigenvalue weighted by atomic mass is 10.1. The van der Waals surface area contributed by atoms with Crippen LogP contribution < -0.4 is 5.32 Å². The molecule has 3 aromatic heterocycles. The van der Waals surface area contributed by atoms with Crippen LogP contribution >= 0.6 is 22.9 Å². The Bertz CT molecular complexity index is 1290. The minimum absolute atomic E-state index is 0.165. The first kappa shape index (κ1) is 23.0. The third kappa shape index (κ3) is 4.65. The number of nitrogens with one attached hydrogen (secondary N) is 1. The molecule has 1 aromatic carbocycles. The molecule has 0 radical (unpaired) electrons. The first-order valence-corrected chi connectivity index (χ1v) is 11.4. The van der Waals surface area contributed by atoms with E-state index in [1.165, 1.54) is 18.3 Å². The van der Waals surface area contributed by atoms with Crippen molar-refractivity contribution in [2.45, 2.75) is 33.1 Å². The predicted octanol–water partition coefficient (Wildman–Crippen LogP) is 6.50. The minimum Gasteiger partial charge on any atom is -0.298 e. The number of carbonyl (C=O) groups is 1. The Balaban J connectivity index is 1.72. The topological polar surface area (TPSA) is 72.7 Å². The van der Waals surface area contributed by atoms with Gasteiger partial charge in [-0.2, -0.15) is 5.10 Å². The van der Waals surface area contributed by atoms with E-state index in [0.717, 1.165) is 22.4 Å². The molecule has 0 spiro atoms. The molecule has 1 amide bonds. The second-order valence-electron chi connectivity index (χ2n) is 7.22. The van der Waals surface area contributed by atoms with Gasteiger partial charge in [-0.25, -0.2) is 18.4 Å². The summed E-state index contributed by atoms with van der Waals surface area (Å²) in [6.07, 6.45) is 0.364. The smallest absolute Gasteiger partial charge is 0.281 e. The number of benzene rings is 1. The molecule has 0 unspecified atom stereocenters. The van der Waals surface area contributed by atoms with Crippen LogP contribution in [0.5, 0.6) is 0 Å². The molecular weight excluding hydrogens is 468 g/mol. The van der Waals surface area contributed by atoms with Crippen molar-refractivity contribution in [1.82, 2.24) is 19.7 Å². The van der Waals surface area contributed by atoms with Crippen molar-refractivity contribution in [3.8, 4) is 17.1 Å². The zero-order valence-corrected chi connectivity index (χ0v) is 19.4. The second-order valence-corrected chi connectivity index (χ2v) is 8.71. The maximum absolute atomic E-state index is 14.1. The Morgan fingerprint density at radius 1 is 1.21 bits per heavy atom. The molecule has 0 saturated carbocycles. The number of amides is 1. The second kappa shape index (κ2) is 9.76. The molecular formula is C23H20ClF2N5OS. The molecule has 0 atom stereocenters. The van der Waals surface area contributed by atoms with Crippen LogP contribution in [-0.2, 0) is 6.42 Å². The monoisotopic (exact) mass is 487 g/mol.